The molecule has 2 fully saturated rings. The first-order valence-corrected chi connectivity index (χ1v) is 8.05. The van der Waals surface area contributed by atoms with Crippen molar-refractivity contribution in [3.05, 3.63) is 28.8 Å². The number of hydrogen-bond donors (Lipinski definition) is 1. The van der Waals surface area contributed by atoms with Crippen LogP contribution in [0.5, 0.6) is 0 Å². The van der Waals surface area contributed by atoms with Gasteiger partial charge in [-0.25, -0.2) is 4.79 Å². The Morgan fingerprint density at radius 3 is 2.90 bits per heavy atom. The molecule has 0 saturated carbocycles. The third kappa shape index (κ3) is 3.26. The average Bonchev–Trinajstić information content (AvgIpc) is 2.86. The molecule has 1 atom stereocenters. The first-order chi connectivity index (χ1) is 10.1. The van der Waals surface area contributed by atoms with Gasteiger partial charge in [0.2, 0.25) is 0 Å². The maximum atomic E-state index is 11.8. The van der Waals surface area contributed by atoms with E-state index in [1.54, 1.807) is 0 Å². The fraction of sp³-hybridized carbons (Fsp3) is 0.562. The number of nitrogens with zero attached hydrogens (tertiary/aromatic N) is 2. The number of amides is 2. The van der Waals surface area contributed by atoms with Crippen molar-refractivity contribution in [2.75, 3.05) is 37.6 Å². The minimum Gasteiger partial charge on any atom is -0.371 e. The lowest BCUT2D eigenvalue weighted by atomic mass is 10.1. The molecule has 1 aromatic carbocycles. The van der Waals surface area contributed by atoms with E-state index in [1.807, 2.05) is 17.0 Å². The van der Waals surface area contributed by atoms with Crippen molar-refractivity contribution in [3.63, 3.8) is 0 Å². The third-order valence-electron chi connectivity index (χ3n) is 4.48. The highest BCUT2D eigenvalue weighted by molar-refractivity contribution is 6.30. The Bertz CT molecular complexity index is 530. The van der Waals surface area contributed by atoms with Gasteiger partial charge in [0, 0.05) is 43.4 Å². The number of halogens is 1. The summed E-state index contributed by atoms with van der Waals surface area (Å²) in [5.74, 6) is 0.522. The molecule has 2 heterocycles. The quantitative estimate of drug-likeness (QED) is 0.932. The summed E-state index contributed by atoms with van der Waals surface area (Å²) >= 11 is 6.10. The van der Waals surface area contributed by atoms with Crippen LogP contribution in [0.3, 0.4) is 0 Å². The molecule has 2 aliphatic heterocycles. The Morgan fingerprint density at radius 2 is 2.19 bits per heavy atom. The van der Waals surface area contributed by atoms with E-state index >= 15 is 0 Å². The molecule has 2 saturated heterocycles. The summed E-state index contributed by atoms with van der Waals surface area (Å²) in [7, 11) is 0. The van der Waals surface area contributed by atoms with Crippen molar-refractivity contribution < 1.29 is 4.79 Å². The predicted octanol–water partition coefficient (Wildman–Crippen LogP) is 2.89. The summed E-state index contributed by atoms with van der Waals surface area (Å²) in [6, 6.07) is 6.13. The second-order valence-corrected chi connectivity index (χ2v) is 6.49. The molecule has 2 aliphatic rings. The van der Waals surface area contributed by atoms with E-state index in [0.29, 0.717) is 5.92 Å². The first kappa shape index (κ1) is 14.5. The highest BCUT2D eigenvalue weighted by Gasteiger charge is 2.26. The second kappa shape index (κ2) is 6.14. The van der Waals surface area contributed by atoms with Crippen molar-refractivity contribution in [3.8, 4) is 0 Å². The van der Waals surface area contributed by atoms with Crippen LogP contribution in [0.2, 0.25) is 5.02 Å². The van der Waals surface area contributed by atoms with Gasteiger partial charge in [-0.15, -0.1) is 0 Å². The van der Waals surface area contributed by atoms with Crippen molar-refractivity contribution in [1.29, 1.82) is 0 Å². The topological polar surface area (TPSA) is 35.6 Å². The van der Waals surface area contributed by atoms with E-state index in [1.165, 1.54) is 11.3 Å². The molecule has 114 valence electrons. The van der Waals surface area contributed by atoms with Crippen LogP contribution < -0.4 is 10.2 Å². The highest BCUT2D eigenvalue weighted by Crippen LogP contribution is 2.29. The second-order valence-electron chi connectivity index (χ2n) is 6.06. The van der Waals surface area contributed by atoms with Crippen LogP contribution in [-0.4, -0.2) is 43.7 Å². The smallest absolute Gasteiger partial charge is 0.317 e. The summed E-state index contributed by atoms with van der Waals surface area (Å²) in [6.07, 6.45) is 2.25. The van der Waals surface area contributed by atoms with Gasteiger partial charge in [0.25, 0.3) is 0 Å². The van der Waals surface area contributed by atoms with E-state index in [0.717, 1.165) is 50.6 Å². The molecule has 0 unspecified atom stereocenters. The zero-order chi connectivity index (χ0) is 14.8. The van der Waals surface area contributed by atoms with E-state index in [2.05, 4.69) is 23.2 Å². The molecule has 3 rings (SSSR count). The number of benzene rings is 1. The number of urea groups is 1. The molecule has 0 aliphatic carbocycles. The van der Waals surface area contributed by atoms with Crippen LogP contribution in [0.1, 0.15) is 18.4 Å². The van der Waals surface area contributed by atoms with Crippen LogP contribution >= 0.6 is 11.6 Å². The molecular weight excluding hydrogens is 286 g/mol. The van der Waals surface area contributed by atoms with Gasteiger partial charge in [-0.3, -0.25) is 0 Å². The van der Waals surface area contributed by atoms with Crippen LogP contribution in [-0.2, 0) is 0 Å². The summed E-state index contributed by atoms with van der Waals surface area (Å²) in [6.45, 7) is 6.72. The van der Waals surface area contributed by atoms with Gasteiger partial charge in [0.1, 0.15) is 0 Å². The van der Waals surface area contributed by atoms with Gasteiger partial charge in [-0.2, -0.15) is 0 Å². The molecule has 0 aromatic heterocycles. The number of anilines is 1. The van der Waals surface area contributed by atoms with Gasteiger partial charge < -0.3 is 15.1 Å². The van der Waals surface area contributed by atoms with Gasteiger partial charge in [-0.05, 0) is 43.4 Å². The Hall–Kier alpha value is -1.42. The maximum Gasteiger partial charge on any atom is 0.317 e. The molecule has 0 radical (unpaired) electrons. The normalized spacial score (nSPS) is 21.3. The Balaban J connectivity index is 1.53. The molecule has 5 heteroatoms. The Labute approximate surface area is 131 Å². The molecule has 1 aromatic rings. The van der Waals surface area contributed by atoms with E-state index < -0.39 is 0 Å². The standard InChI is InChI=1S/C16H22ClN3O/c1-12-3-4-14(17)9-15(12)20-8-5-13(11-20)10-18-16(21)19-6-2-7-19/h3-4,9,13H,2,5-8,10-11H2,1H3,(H,18,21)/t13-/m0/s1. The van der Waals surface area contributed by atoms with Crippen LogP contribution in [0.4, 0.5) is 10.5 Å². The van der Waals surface area contributed by atoms with Crippen LogP contribution in [0.25, 0.3) is 0 Å². The molecule has 2 amide bonds. The highest BCUT2D eigenvalue weighted by atomic mass is 35.5. The summed E-state index contributed by atoms with van der Waals surface area (Å²) in [5.41, 5.74) is 2.48. The van der Waals surface area contributed by atoms with Crippen molar-refractivity contribution in [2.45, 2.75) is 19.8 Å². The average molecular weight is 308 g/mol. The van der Waals surface area contributed by atoms with Crippen LogP contribution in [0.15, 0.2) is 18.2 Å². The number of carbonyl (C=O) groups is 1. The zero-order valence-corrected chi connectivity index (χ0v) is 13.2. The first-order valence-electron chi connectivity index (χ1n) is 7.67. The SMILES string of the molecule is Cc1ccc(Cl)cc1N1CC[C@@H](CNC(=O)N2CCC2)C1. The minimum absolute atomic E-state index is 0.0960. The van der Waals surface area contributed by atoms with Gasteiger partial charge in [-0.1, -0.05) is 17.7 Å². The minimum atomic E-state index is 0.0960. The lowest BCUT2D eigenvalue weighted by Crippen LogP contribution is -2.48. The molecule has 0 spiro atoms. The van der Waals surface area contributed by atoms with E-state index in [9.17, 15) is 4.79 Å². The molecule has 21 heavy (non-hydrogen) atoms. The van der Waals surface area contributed by atoms with Gasteiger partial charge in [0.05, 0.1) is 0 Å². The van der Waals surface area contributed by atoms with Crippen molar-refractivity contribution in [1.82, 2.24) is 10.2 Å². The van der Waals surface area contributed by atoms with Crippen molar-refractivity contribution >= 4 is 23.3 Å². The monoisotopic (exact) mass is 307 g/mol. The number of likely N-dealkylation sites (tertiary alicyclic amines) is 1. The third-order valence-corrected chi connectivity index (χ3v) is 4.72. The molecular formula is C16H22ClN3O. The summed E-state index contributed by atoms with van der Waals surface area (Å²) < 4.78 is 0. The number of rotatable bonds is 3. The Kier molecular flexibility index (Phi) is 4.24. The summed E-state index contributed by atoms with van der Waals surface area (Å²) in [5, 5.41) is 3.84. The van der Waals surface area contributed by atoms with Gasteiger partial charge in [0.15, 0.2) is 0 Å². The number of carbonyl (C=O) groups excluding carboxylic acids is 1. The fourth-order valence-corrected chi connectivity index (χ4v) is 3.17. The number of nitrogens with one attached hydrogen (secondary N) is 1. The lowest BCUT2D eigenvalue weighted by Gasteiger charge is -2.31. The molecule has 1 N–H and O–H groups in total. The lowest BCUT2D eigenvalue weighted by molar-refractivity contribution is 0.166. The summed E-state index contributed by atoms with van der Waals surface area (Å²) in [4.78, 5) is 16.1. The maximum absolute atomic E-state index is 11.8. The van der Waals surface area contributed by atoms with Gasteiger partial charge >= 0.3 is 6.03 Å². The van der Waals surface area contributed by atoms with Crippen molar-refractivity contribution in [2.24, 2.45) is 5.92 Å². The number of hydrogen-bond acceptors (Lipinski definition) is 2. The van der Waals surface area contributed by atoms with E-state index in [-0.39, 0.29) is 6.03 Å². The zero-order valence-electron chi connectivity index (χ0n) is 12.4. The fourth-order valence-electron chi connectivity index (χ4n) is 3.00. The Morgan fingerprint density at radius 1 is 1.38 bits per heavy atom. The molecule has 4 nitrogen and oxygen atoms in total. The number of aryl methyl sites for hydroxylation is 1. The van der Waals surface area contributed by atoms with E-state index in [4.69, 9.17) is 11.6 Å². The largest absolute Gasteiger partial charge is 0.371 e. The van der Waals surface area contributed by atoms with Crippen LogP contribution in [0, 0.1) is 12.8 Å². The molecule has 0 bridgehead atoms. The predicted molar refractivity (Wildman–Crippen MR) is 86.1 cm³/mol.